The zero-order chi connectivity index (χ0) is 24.9. The summed E-state index contributed by atoms with van der Waals surface area (Å²) < 4.78 is 31.7. The molecule has 2 aromatic rings. The molecule has 0 spiro atoms. The number of rotatable bonds is 10. The number of hydrogen-bond acceptors (Lipinski definition) is 4. The van der Waals surface area contributed by atoms with Crippen molar-refractivity contribution in [3.63, 3.8) is 0 Å². The highest BCUT2D eigenvalue weighted by molar-refractivity contribution is 6.03. The Kier molecular flexibility index (Phi) is 11.6. The summed E-state index contributed by atoms with van der Waals surface area (Å²) in [6.07, 6.45) is -1.72. The molecular formula is C23H28F3N3O4. The van der Waals surface area contributed by atoms with Crippen LogP contribution in [-0.2, 0) is 27.2 Å². The number of alkyl halides is 3. The number of carboxylic acids is 1. The molecule has 0 saturated heterocycles. The largest absolute Gasteiger partial charge is 0.490 e. The number of aliphatic carboxylic acids is 1. The number of halogens is 3. The summed E-state index contributed by atoms with van der Waals surface area (Å²) in [5, 5.41) is 7.12. The number of carbonyl (C=O) groups is 3. The van der Waals surface area contributed by atoms with Crippen LogP contribution < -0.4 is 11.5 Å². The summed E-state index contributed by atoms with van der Waals surface area (Å²) >= 11 is 0. The molecule has 10 heteroatoms. The highest BCUT2D eigenvalue weighted by Crippen LogP contribution is 2.13. The predicted octanol–water partition coefficient (Wildman–Crippen LogP) is 2.53. The zero-order valence-electron chi connectivity index (χ0n) is 18.0. The van der Waals surface area contributed by atoms with Gasteiger partial charge in [0.15, 0.2) is 6.04 Å². The van der Waals surface area contributed by atoms with Gasteiger partial charge >= 0.3 is 12.1 Å². The van der Waals surface area contributed by atoms with Crippen molar-refractivity contribution in [2.24, 2.45) is 11.5 Å². The van der Waals surface area contributed by atoms with Gasteiger partial charge in [-0.15, -0.1) is 0 Å². The maximum absolute atomic E-state index is 12.5. The summed E-state index contributed by atoms with van der Waals surface area (Å²) in [5.74, 6) is -3.93. The Labute approximate surface area is 190 Å². The summed E-state index contributed by atoms with van der Waals surface area (Å²) in [5.41, 5.74) is 13.3. The molecule has 0 aromatic heterocycles. The number of hydrogen-bond donors (Lipinski definition) is 3. The third kappa shape index (κ3) is 11.2. The van der Waals surface area contributed by atoms with Gasteiger partial charge in [-0.05, 0) is 36.8 Å². The van der Waals surface area contributed by atoms with Crippen LogP contribution in [0.15, 0.2) is 60.7 Å². The Bertz CT molecular complexity index is 832. The molecule has 0 saturated carbocycles. The van der Waals surface area contributed by atoms with E-state index in [0.717, 1.165) is 25.7 Å². The minimum atomic E-state index is -5.08. The smallest absolute Gasteiger partial charge is 0.475 e. The Morgan fingerprint density at radius 1 is 0.848 bits per heavy atom. The van der Waals surface area contributed by atoms with E-state index < -0.39 is 30.0 Å². The minimum absolute atomic E-state index is 0.390. The highest BCUT2D eigenvalue weighted by atomic mass is 19.4. The molecule has 0 bridgehead atoms. The summed E-state index contributed by atoms with van der Waals surface area (Å²) in [4.78, 5) is 34.3. The Hall–Kier alpha value is -3.40. The van der Waals surface area contributed by atoms with Crippen molar-refractivity contribution in [1.29, 1.82) is 0 Å². The predicted molar refractivity (Wildman–Crippen MR) is 117 cm³/mol. The van der Waals surface area contributed by atoms with Crippen LogP contribution in [0.2, 0.25) is 0 Å². The van der Waals surface area contributed by atoms with Gasteiger partial charge in [-0.2, -0.15) is 13.2 Å². The maximum atomic E-state index is 12.5. The third-order valence-corrected chi connectivity index (χ3v) is 4.60. The Morgan fingerprint density at radius 3 is 1.52 bits per heavy atom. The second-order valence-electron chi connectivity index (χ2n) is 7.19. The molecule has 0 aliphatic rings. The molecule has 0 fully saturated rings. The second kappa shape index (κ2) is 13.9. The van der Waals surface area contributed by atoms with Gasteiger partial charge in [0.1, 0.15) is 0 Å². The first-order valence-electron chi connectivity index (χ1n) is 10.2. The summed E-state index contributed by atoms with van der Waals surface area (Å²) in [6.45, 7) is 1.12. The molecule has 2 rings (SSSR count). The van der Waals surface area contributed by atoms with Gasteiger partial charge in [-0.1, -0.05) is 60.7 Å². The average molecular weight is 467 g/mol. The number of amides is 2. The van der Waals surface area contributed by atoms with Gasteiger partial charge in [0.05, 0.1) is 0 Å². The lowest BCUT2D eigenvalue weighted by Gasteiger charge is -2.25. The lowest BCUT2D eigenvalue weighted by atomic mass is 10.1. The van der Waals surface area contributed by atoms with E-state index in [-0.39, 0.29) is 0 Å². The van der Waals surface area contributed by atoms with Crippen LogP contribution >= 0.6 is 0 Å². The first-order valence-corrected chi connectivity index (χ1v) is 10.2. The van der Waals surface area contributed by atoms with E-state index in [0.29, 0.717) is 13.1 Å². The molecule has 33 heavy (non-hydrogen) atoms. The molecule has 0 heterocycles. The van der Waals surface area contributed by atoms with Crippen LogP contribution in [0.25, 0.3) is 0 Å². The zero-order valence-corrected chi connectivity index (χ0v) is 18.0. The third-order valence-electron chi connectivity index (χ3n) is 4.60. The van der Waals surface area contributed by atoms with E-state index in [1.54, 1.807) is 4.90 Å². The van der Waals surface area contributed by atoms with Crippen molar-refractivity contribution < 1.29 is 32.7 Å². The van der Waals surface area contributed by atoms with E-state index in [1.807, 2.05) is 36.4 Å². The van der Waals surface area contributed by atoms with Gasteiger partial charge in [0.2, 0.25) is 11.8 Å². The first-order chi connectivity index (χ1) is 15.5. The standard InChI is InChI=1S/C21H27N3O2.C2HF3O2/c22-19(20(23)25)21(26)24(15-7-13-17-9-3-1-4-10-17)16-8-14-18-11-5-2-6-12-18;3-2(4,5)1(6)7/h1-6,9-12,19H,7-8,13-16,22H2,(H2,23,25);(H,6,7). The molecule has 2 amide bonds. The second-order valence-corrected chi connectivity index (χ2v) is 7.19. The Morgan fingerprint density at radius 2 is 1.21 bits per heavy atom. The lowest BCUT2D eigenvalue weighted by Crippen LogP contribution is -2.51. The molecular weight excluding hydrogens is 439 g/mol. The van der Waals surface area contributed by atoms with E-state index in [9.17, 15) is 22.8 Å². The highest BCUT2D eigenvalue weighted by Gasteiger charge is 2.38. The quantitative estimate of drug-likeness (QED) is 0.463. The summed E-state index contributed by atoms with van der Waals surface area (Å²) in [6, 6.07) is 19.0. The van der Waals surface area contributed by atoms with Crippen LogP contribution in [0.5, 0.6) is 0 Å². The fraction of sp³-hybridized carbons (Fsp3) is 0.348. The number of primary amides is 1. The number of aryl methyl sites for hydroxylation is 2. The number of carboxylic acid groups (broad SMARTS) is 1. The summed E-state index contributed by atoms with van der Waals surface area (Å²) in [7, 11) is 0. The molecule has 1 atom stereocenters. The lowest BCUT2D eigenvalue weighted by molar-refractivity contribution is -0.192. The van der Waals surface area contributed by atoms with Crippen molar-refractivity contribution >= 4 is 17.8 Å². The Balaban J connectivity index is 0.000000675. The van der Waals surface area contributed by atoms with E-state index in [2.05, 4.69) is 24.3 Å². The molecule has 7 nitrogen and oxygen atoms in total. The molecule has 0 aliphatic carbocycles. The molecule has 0 aliphatic heterocycles. The molecule has 0 radical (unpaired) electrons. The minimum Gasteiger partial charge on any atom is -0.475 e. The van der Waals surface area contributed by atoms with Gasteiger partial charge in [0.25, 0.3) is 0 Å². The average Bonchev–Trinajstić information content (AvgIpc) is 2.78. The van der Waals surface area contributed by atoms with Crippen LogP contribution in [0, 0.1) is 0 Å². The topological polar surface area (TPSA) is 127 Å². The number of benzene rings is 2. The van der Waals surface area contributed by atoms with Crippen LogP contribution in [-0.4, -0.2) is 53.1 Å². The van der Waals surface area contributed by atoms with Crippen molar-refractivity contribution in [2.75, 3.05) is 13.1 Å². The fourth-order valence-electron chi connectivity index (χ4n) is 2.89. The van der Waals surface area contributed by atoms with E-state index in [4.69, 9.17) is 21.4 Å². The number of carbonyl (C=O) groups excluding carboxylic acids is 2. The van der Waals surface area contributed by atoms with Crippen molar-refractivity contribution in [1.82, 2.24) is 4.90 Å². The monoisotopic (exact) mass is 467 g/mol. The van der Waals surface area contributed by atoms with Crippen molar-refractivity contribution in [3.05, 3.63) is 71.8 Å². The van der Waals surface area contributed by atoms with E-state index >= 15 is 0 Å². The van der Waals surface area contributed by atoms with Crippen molar-refractivity contribution in [2.45, 2.75) is 37.9 Å². The van der Waals surface area contributed by atoms with E-state index in [1.165, 1.54) is 11.1 Å². The molecule has 5 N–H and O–H groups in total. The van der Waals surface area contributed by atoms with Gasteiger partial charge in [0, 0.05) is 13.1 Å². The number of nitrogens with zero attached hydrogens (tertiary/aromatic N) is 1. The fourth-order valence-corrected chi connectivity index (χ4v) is 2.89. The molecule has 180 valence electrons. The molecule has 2 aromatic carbocycles. The van der Waals surface area contributed by atoms with Crippen molar-refractivity contribution in [3.8, 4) is 0 Å². The van der Waals surface area contributed by atoms with Gasteiger partial charge in [-0.25, -0.2) is 4.79 Å². The first kappa shape index (κ1) is 27.6. The van der Waals surface area contributed by atoms with Gasteiger partial charge < -0.3 is 21.5 Å². The van der Waals surface area contributed by atoms with Crippen LogP contribution in [0.3, 0.4) is 0 Å². The normalized spacial score (nSPS) is 11.6. The maximum Gasteiger partial charge on any atom is 0.490 e. The van der Waals surface area contributed by atoms with Gasteiger partial charge in [-0.3, -0.25) is 9.59 Å². The number of nitrogens with two attached hydrogens (primary N) is 2. The van der Waals surface area contributed by atoms with Crippen LogP contribution in [0.1, 0.15) is 24.0 Å². The van der Waals surface area contributed by atoms with Crippen LogP contribution in [0.4, 0.5) is 13.2 Å². The molecule has 1 unspecified atom stereocenters. The SMILES string of the molecule is NC(=O)C(N)C(=O)N(CCCc1ccccc1)CCCc1ccccc1.O=C(O)C(F)(F)F.